The Bertz CT molecular complexity index is 237. The molecule has 5 heteroatoms. The maximum Gasteiger partial charge on any atom is 0.334 e. The van der Waals surface area contributed by atoms with Crippen LogP contribution >= 0.6 is 0 Å². The van der Waals surface area contributed by atoms with Crippen LogP contribution in [0.3, 0.4) is 0 Å². The minimum atomic E-state index is -1.94. The Hall–Kier alpha value is -0.653. The Morgan fingerprint density at radius 1 is 1.40 bits per heavy atom. The summed E-state index contributed by atoms with van der Waals surface area (Å²) in [5.74, 6) is -0.353. The van der Waals surface area contributed by atoms with Crippen molar-refractivity contribution in [3.63, 3.8) is 0 Å². The summed E-state index contributed by atoms with van der Waals surface area (Å²) >= 11 is 0. The predicted molar refractivity (Wildman–Crippen MR) is 62.6 cm³/mol. The van der Waals surface area contributed by atoms with Crippen molar-refractivity contribution in [3.05, 3.63) is 11.6 Å². The first-order valence-corrected chi connectivity index (χ1v) is 7.54. The van der Waals surface area contributed by atoms with Crippen molar-refractivity contribution in [2.75, 3.05) is 14.2 Å². The van der Waals surface area contributed by atoms with Crippen molar-refractivity contribution < 1.29 is 13.6 Å². The number of rotatable bonds is 7. The van der Waals surface area contributed by atoms with Crippen LogP contribution < -0.4 is 5.73 Å². The summed E-state index contributed by atoms with van der Waals surface area (Å²) < 4.78 is 10.7. The zero-order valence-electron chi connectivity index (χ0n) is 10.0. The van der Waals surface area contributed by atoms with Crippen LogP contribution in [0.1, 0.15) is 19.8 Å². The molecule has 2 N–H and O–H groups in total. The number of amides is 1. The average Bonchev–Trinajstić information content (AvgIpc) is 2.23. The number of primary amides is 1. The lowest BCUT2D eigenvalue weighted by molar-refractivity contribution is -0.114. The highest BCUT2D eigenvalue weighted by molar-refractivity contribution is 6.65. The van der Waals surface area contributed by atoms with Gasteiger partial charge in [-0.1, -0.05) is 6.08 Å². The molecule has 0 aliphatic carbocycles. The van der Waals surface area contributed by atoms with E-state index in [1.54, 1.807) is 21.1 Å². The SMILES string of the molecule is CO[Si](C)(CCCC=C(C)C(N)=O)OC. The van der Waals surface area contributed by atoms with Gasteiger partial charge in [0.25, 0.3) is 0 Å². The van der Waals surface area contributed by atoms with Crippen molar-refractivity contribution >= 4 is 14.5 Å². The van der Waals surface area contributed by atoms with Gasteiger partial charge >= 0.3 is 8.56 Å². The first kappa shape index (κ1) is 14.3. The lowest BCUT2D eigenvalue weighted by Gasteiger charge is -2.22. The van der Waals surface area contributed by atoms with E-state index in [1.807, 2.05) is 12.6 Å². The smallest absolute Gasteiger partial charge is 0.334 e. The molecule has 15 heavy (non-hydrogen) atoms. The second-order valence-corrected chi connectivity index (χ2v) is 7.27. The average molecular weight is 231 g/mol. The monoisotopic (exact) mass is 231 g/mol. The van der Waals surface area contributed by atoms with Crippen LogP contribution in [0.15, 0.2) is 11.6 Å². The van der Waals surface area contributed by atoms with Crippen molar-refractivity contribution in [1.82, 2.24) is 0 Å². The van der Waals surface area contributed by atoms with Crippen molar-refractivity contribution in [2.45, 2.75) is 32.4 Å². The van der Waals surface area contributed by atoms with Crippen molar-refractivity contribution in [2.24, 2.45) is 5.73 Å². The van der Waals surface area contributed by atoms with Gasteiger partial charge in [-0.15, -0.1) is 0 Å². The summed E-state index contributed by atoms with van der Waals surface area (Å²) in [5.41, 5.74) is 5.73. The molecule has 0 unspecified atom stereocenters. The van der Waals surface area contributed by atoms with E-state index in [0.29, 0.717) is 5.57 Å². The molecule has 0 rings (SSSR count). The van der Waals surface area contributed by atoms with Gasteiger partial charge in [0.05, 0.1) is 0 Å². The maximum atomic E-state index is 10.7. The molecule has 0 saturated heterocycles. The highest BCUT2D eigenvalue weighted by Gasteiger charge is 2.27. The first-order chi connectivity index (χ1) is 6.95. The van der Waals surface area contributed by atoms with E-state index in [0.717, 1.165) is 18.9 Å². The Balaban J connectivity index is 3.89. The quantitative estimate of drug-likeness (QED) is 0.411. The lowest BCUT2D eigenvalue weighted by Crippen LogP contribution is -2.35. The molecule has 0 aliphatic heterocycles. The van der Waals surface area contributed by atoms with Crippen LogP contribution in [0, 0.1) is 0 Å². The fourth-order valence-corrected chi connectivity index (χ4v) is 2.55. The summed E-state index contributed by atoms with van der Waals surface area (Å²) in [4.78, 5) is 10.7. The minimum Gasteiger partial charge on any atom is -0.398 e. The Morgan fingerprint density at radius 2 is 1.93 bits per heavy atom. The standard InChI is InChI=1S/C10H21NO3Si/c1-9(10(11)12)7-5-6-8-15(4,13-2)14-3/h7H,5-6,8H2,1-4H3,(H2,11,12). The van der Waals surface area contributed by atoms with E-state index >= 15 is 0 Å². The first-order valence-electron chi connectivity index (χ1n) is 5.02. The molecule has 0 aromatic rings. The van der Waals surface area contributed by atoms with Gasteiger partial charge in [-0.05, 0) is 32.4 Å². The summed E-state index contributed by atoms with van der Waals surface area (Å²) in [7, 11) is 1.42. The summed E-state index contributed by atoms with van der Waals surface area (Å²) in [5, 5.41) is 0. The molecule has 0 atom stereocenters. The maximum absolute atomic E-state index is 10.7. The van der Waals surface area contributed by atoms with Crippen LogP contribution in [0.4, 0.5) is 0 Å². The molecule has 0 fully saturated rings. The van der Waals surface area contributed by atoms with Gasteiger partial charge < -0.3 is 14.6 Å². The second kappa shape index (κ2) is 6.76. The molecule has 0 heterocycles. The summed E-state index contributed by atoms with van der Waals surface area (Å²) in [6.45, 7) is 3.75. The molecule has 0 radical (unpaired) electrons. The molecule has 0 aromatic heterocycles. The highest BCUT2D eigenvalue weighted by Crippen LogP contribution is 2.15. The van der Waals surface area contributed by atoms with E-state index in [2.05, 4.69) is 0 Å². The highest BCUT2D eigenvalue weighted by atomic mass is 28.4. The lowest BCUT2D eigenvalue weighted by atomic mass is 10.2. The predicted octanol–water partition coefficient (Wildman–Crippen LogP) is 1.56. The van der Waals surface area contributed by atoms with Gasteiger partial charge in [-0.2, -0.15) is 0 Å². The number of allylic oxidation sites excluding steroid dienone is 1. The van der Waals surface area contributed by atoms with Gasteiger partial charge in [0.15, 0.2) is 0 Å². The van der Waals surface area contributed by atoms with Gasteiger partial charge in [0.1, 0.15) is 0 Å². The van der Waals surface area contributed by atoms with Gasteiger partial charge in [-0.25, -0.2) is 0 Å². The zero-order valence-corrected chi connectivity index (χ0v) is 11.0. The number of nitrogens with two attached hydrogens (primary N) is 1. The van der Waals surface area contributed by atoms with Crippen LogP contribution in [0.25, 0.3) is 0 Å². The molecule has 0 saturated carbocycles. The molecule has 0 aromatic carbocycles. The molecule has 0 bridgehead atoms. The largest absolute Gasteiger partial charge is 0.398 e. The topological polar surface area (TPSA) is 61.5 Å². The molecule has 1 amide bonds. The molecular formula is C10H21NO3Si. The van der Waals surface area contributed by atoms with Crippen LogP contribution in [0.2, 0.25) is 12.6 Å². The molecular weight excluding hydrogens is 210 g/mol. The van der Waals surface area contributed by atoms with E-state index in [9.17, 15) is 4.79 Å². The molecule has 0 spiro atoms. The van der Waals surface area contributed by atoms with E-state index in [1.165, 1.54) is 0 Å². The Kier molecular flexibility index (Phi) is 6.47. The van der Waals surface area contributed by atoms with Crippen molar-refractivity contribution in [1.29, 1.82) is 0 Å². The van der Waals surface area contributed by atoms with Gasteiger partial charge in [-0.3, -0.25) is 4.79 Å². The summed E-state index contributed by atoms with van der Waals surface area (Å²) in [6.07, 6.45) is 3.65. The number of unbranched alkanes of at least 4 members (excludes halogenated alkanes) is 1. The third kappa shape index (κ3) is 5.71. The zero-order chi connectivity index (χ0) is 11.9. The number of hydrogen-bond donors (Lipinski definition) is 1. The number of carbonyl (C=O) groups excluding carboxylic acids is 1. The number of hydrogen-bond acceptors (Lipinski definition) is 3. The minimum absolute atomic E-state index is 0.353. The van der Waals surface area contributed by atoms with E-state index in [4.69, 9.17) is 14.6 Å². The van der Waals surface area contributed by atoms with Crippen LogP contribution in [0.5, 0.6) is 0 Å². The third-order valence-electron chi connectivity index (χ3n) is 2.54. The van der Waals surface area contributed by atoms with Crippen LogP contribution in [-0.2, 0) is 13.6 Å². The van der Waals surface area contributed by atoms with E-state index < -0.39 is 8.56 Å². The van der Waals surface area contributed by atoms with Gasteiger partial charge in [0, 0.05) is 19.8 Å². The third-order valence-corrected chi connectivity index (χ3v) is 5.53. The second-order valence-electron chi connectivity index (χ2n) is 3.69. The molecule has 4 nitrogen and oxygen atoms in total. The fourth-order valence-electron chi connectivity index (χ4n) is 1.13. The van der Waals surface area contributed by atoms with Crippen molar-refractivity contribution in [3.8, 4) is 0 Å². The number of carbonyl (C=O) groups is 1. The molecule has 88 valence electrons. The normalized spacial score (nSPS) is 12.9. The molecule has 0 aliphatic rings. The van der Waals surface area contributed by atoms with E-state index in [-0.39, 0.29) is 5.91 Å². The van der Waals surface area contributed by atoms with Crippen LogP contribution in [-0.4, -0.2) is 28.7 Å². The Morgan fingerprint density at radius 3 is 2.33 bits per heavy atom. The fraction of sp³-hybridized carbons (Fsp3) is 0.700. The summed E-state index contributed by atoms with van der Waals surface area (Å²) in [6, 6.07) is 0.919. The van der Waals surface area contributed by atoms with Gasteiger partial charge in [0.2, 0.25) is 5.91 Å². The Labute approximate surface area is 92.7 Å².